The van der Waals surface area contributed by atoms with Crippen molar-refractivity contribution in [2.45, 2.75) is 19.9 Å². The van der Waals surface area contributed by atoms with Gasteiger partial charge in [-0.1, -0.05) is 6.07 Å². The third-order valence-corrected chi connectivity index (χ3v) is 3.30. The molecule has 0 bridgehead atoms. The maximum atomic E-state index is 13.3. The van der Waals surface area contributed by atoms with E-state index in [1.165, 1.54) is 6.07 Å². The molecule has 19 heavy (non-hydrogen) atoms. The predicted molar refractivity (Wildman–Crippen MR) is 68.2 cm³/mol. The van der Waals surface area contributed by atoms with Gasteiger partial charge in [-0.2, -0.15) is 5.10 Å². The van der Waals surface area contributed by atoms with E-state index in [4.69, 9.17) is 5.84 Å². The fraction of sp³-hybridized carbons (Fsp3) is 0.308. The molecule has 0 amide bonds. The average Bonchev–Trinajstić information content (AvgIpc) is 2.61. The van der Waals surface area contributed by atoms with E-state index in [0.717, 1.165) is 29.1 Å². The molecule has 2 rings (SSSR count). The lowest BCUT2D eigenvalue weighted by Gasteiger charge is -2.17. The van der Waals surface area contributed by atoms with Gasteiger partial charge < -0.3 is 0 Å². The molecule has 2 aromatic rings. The summed E-state index contributed by atoms with van der Waals surface area (Å²) in [7, 11) is 1.82. The first-order chi connectivity index (χ1) is 8.95. The molecule has 4 nitrogen and oxygen atoms in total. The SMILES string of the molecule is Cc1nn(C)c(C)c1C(NN)c1ccc(F)c(F)c1. The van der Waals surface area contributed by atoms with Gasteiger partial charge in [-0.3, -0.25) is 10.5 Å². The summed E-state index contributed by atoms with van der Waals surface area (Å²) in [5.74, 6) is 3.80. The number of nitrogens with zero attached hydrogens (tertiary/aromatic N) is 2. The summed E-state index contributed by atoms with van der Waals surface area (Å²) >= 11 is 0. The van der Waals surface area contributed by atoms with E-state index in [9.17, 15) is 8.78 Å². The van der Waals surface area contributed by atoms with Crippen molar-refractivity contribution < 1.29 is 8.78 Å². The largest absolute Gasteiger partial charge is 0.272 e. The minimum atomic E-state index is -0.892. The summed E-state index contributed by atoms with van der Waals surface area (Å²) in [6, 6.07) is 3.32. The number of halogens is 2. The Labute approximate surface area is 110 Å². The molecule has 1 unspecified atom stereocenters. The van der Waals surface area contributed by atoms with E-state index in [1.807, 2.05) is 20.9 Å². The Kier molecular flexibility index (Phi) is 3.64. The van der Waals surface area contributed by atoms with Crippen molar-refractivity contribution in [3.63, 3.8) is 0 Å². The third-order valence-electron chi connectivity index (χ3n) is 3.30. The van der Waals surface area contributed by atoms with Gasteiger partial charge in [0, 0.05) is 18.3 Å². The summed E-state index contributed by atoms with van der Waals surface area (Å²) in [4.78, 5) is 0. The molecule has 3 N–H and O–H groups in total. The molecule has 1 heterocycles. The lowest BCUT2D eigenvalue weighted by atomic mass is 9.97. The highest BCUT2D eigenvalue weighted by atomic mass is 19.2. The van der Waals surface area contributed by atoms with Crippen LogP contribution in [0.25, 0.3) is 0 Å². The Morgan fingerprint density at radius 2 is 1.95 bits per heavy atom. The lowest BCUT2D eigenvalue weighted by molar-refractivity contribution is 0.503. The molecule has 6 heteroatoms. The van der Waals surface area contributed by atoms with Crippen LogP contribution in [0, 0.1) is 25.5 Å². The van der Waals surface area contributed by atoms with Crippen LogP contribution in [-0.2, 0) is 7.05 Å². The van der Waals surface area contributed by atoms with Crippen LogP contribution in [-0.4, -0.2) is 9.78 Å². The number of benzene rings is 1. The summed E-state index contributed by atoms with van der Waals surface area (Å²) in [6.45, 7) is 3.76. The Bertz CT molecular complexity index is 607. The quantitative estimate of drug-likeness (QED) is 0.658. The van der Waals surface area contributed by atoms with Crippen molar-refractivity contribution in [2.75, 3.05) is 0 Å². The standard InChI is InChI=1S/C13H16F2N4/c1-7-12(8(2)19(3)18-7)13(17-16)9-4-5-10(14)11(15)6-9/h4-6,13,17H,16H2,1-3H3. The van der Waals surface area contributed by atoms with E-state index in [0.29, 0.717) is 5.56 Å². The molecule has 0 aliphatic carbocycles. The van der Waals surface area contributed by atoms with Crippen LogP contribution >= 0.6 is 0 Å². The second-order valence-electron chi connectivity index (χ2n) is 4.48. The number of hydrogen-bond acceptors (Lipinski definition) is 3. The number of nitrogens with two attached hydrogens (primary N) is 1. The highest BCUT2D eigenvalue weighted by Crippen LogP contribution is 2.27. The van der Waals surface area contributed by atoms with Crippen LogP contribution in [0.1, 0.15) is 28.6 Å². The maximum absolute atomic E-state index is 13.3. The molecule has 0 spiro atoms. The van der Waals surface area contributed by atoms with Gasteiger partial charge in [-0.25, -0.2) is 14.2 Å². The highest BCUT2D eigenvalue weighted by Gasteiger charge is 2.21. The van der Waals surface area contributed by atoms with Crippen molar-refractivity contribution >= 4 is 0 Å². The van der Waals surface area contributed by atoms with Crippen LogP contribution in [0.2, 0.25) is 0 Å². The smallest absolute Gasteiger partial charge is 0.159 e. The molecule has 0 saturated heterocycles. The van der Waals surface area contributed by atoms with E-state index >= 15 is 0 Å². The minimum Gasteiger partial charge on any atom is -0.272 e. The van der Waals surface area contributed by atoms with Crippen molar-refractivity contribution in [2.24, 2.45) is 12.9 Å². The second-order valence-corrected chi connectivity index (χ2v) is 4.48. The normalized spacial score (nSPS) is 12.7. The number of nitrogens with one attached hydrogen (secondary N) is 1. The Hall–Kier alpha value is -1.79. The molecule has 0 fully saturated rings. The highest BCUT2D eigenvalue weighted by molar-refractivity contribution is 5.37. The number of aromatic nitrogens is 2. The van der Waals surface area contributed by atoms with Gasteiger partial charge in [-0.15, -0.1) is 0 Å². The van der Waals surface area contributed by atoms with Crippen molar-refractivity contribution in [3.05, 3.63) is 52.3 Å². The zero-order valence-electron chi connectivity index (χ0n) is 11.0. The summed E-state index contributed by atoms with van der Waals surface area (Å²) in [5.41, 5.74) is 5.78. The zero-order valence-corrected chi connectivity index (χ0v) is 11.0. The minimum absolute atomic E-state index is 0.427. The molecule has 0 aliphatic heterocycles. The first-order valence-corrected chi connectivity index (χ1v) is 5.87. The first-order valence-electron chi connectivity index (χ1n) is 5.87. The molecule has 0 aliphatic rings. The van der Waals surface area contributed by atoms with Crippen LogP contribution in [0.4, 0.5) is 8.78 Å². The molecular weight excluding hydrogens is 250 g/mol. The third kappa shape index (κ3) is 2.36. The maximum Gasteiger partial charge on any atom is 0.159 e. The van der Waals surface area contributed by atoms with Crippen molar-refractivity contribution in [3.8, 4) is 0 Å². The van der Waals surface area contributed by atoms with Crippen LogP contribution in [0.3, 0.4) is 0 Å². The molecule has 1 atom stereocenters. The van der Waals surface area contributed by atoms with Crippen LogP contribution in [0.15, 0.2) is 18.2 Å². The van der Waals surface area contributed by atoms with Gasteiger partial charge >= 0.3 is 0 Å². The van der Waals surface area contributed by atoms with Crippen LogP contribution in [0.5, 0.6) is 0 Å². The summed E-state index contributed by atoms with van der Waals surface area (Å²) in [6.07, 6.45) is 0. The Balaban J connectivity index is 2.52. The van der Waals surface area contributed by atoms with E-state index in [1.54, 1.807) is 4.68 Å². The monoisotopic (exact) mass is 266 g/mol. The van der Waals surface area contributed by atoms with Gasteiger partial charge in [0.05, 0.1) is 11.7 Å². The number of aryl methyl sites for hydroxylation is 2. The molecule has 0 saturated carbocycles. The molecule has 1 aromatic carbocycles. The fourth-order valence-corrected chi connectivity index (χ4v) is 2.25. The predicted octanol–water partition coefficient (Wildman–Crippen LogP) is 1.87. The second kappa shape index (κ2) is 5.07. The van der Waals surface area contributed by atoms with E-state index < -0.39 is 17.7 Å². The van der Waals surface area contributed by atoms with Gasteiger partial charge in [-0.05, 0) is 31.5 Å². The Morgan fingerprint density at radius 1 is 1.26 bits per heavy atom. The number of hydrazine groups is 1. The number of rotatable bonds is 3. The Morgan fingerprint density at radius 3 is 2.42 bits per heavy atom. The van der Waals surface area contributed by atoms with E-state index in [2.05, 4.69) is 10.5 Å². The summed E-state index contributed by atoms with van der Waals surface area (Å²) < 4.78 is 28.1. The van der Waals surface area contributed by atoms with Crippen molar-refractivity contribution in [1.29, 1.82) is 0 Å². The first kappa shape index (κ1) is 13.6. The van der Waals surface area contributed by atoms with Crippen LogP contribution < -0.4 is 11.3 Å². The lowest BCUT2D eigenvalue weighted by Crippen LogP contribution is -2.29. The van der Waals surface area contributed by atoms with Crippen molar-refractivity contribution in [1.82, 2.24) is 15.2 Å². The molecule has 102 valence electrons. The fourth-order valence-electron chi connectivity index (χ4n) is 2.25. The van der Waals surface area contributed by atoms with Gasteiger partial charge in [0.15, 0.2) is 11.6 Å². The van der Waals surface area contributed by atoms with Gasteiger partial charge in [0.25, 0.3) is 0 Å². The zero-order chi connectivity index (χ0) is 14.2. The van der Waals surface area contributed by atoms with Gasteiger partial charge in [0.1, 0.15) is 0 Å². The molecule has 0 radical (unpaired) electrons. The molecular formula is C13H16F2N4. The molecule has 1 aromatic heterocycles. The average molecular weight is 266 g/mol. The number of hydrogen-bond donors (Lipinski definition) is 2. The van der Waals surface area contributed by atoms with E-state index in [-0.39, 0.29) is 0 Å². The van der Waals surface area contributed by atoms with Gasteiger partial charge in [0.2, 0.25) is 0 Å². The topological polar surface area (TPSA) is 55.9 Å². The summed E-state index contributed by atoms with van der Waals surface area (Å²) in [5, 5.41) is 4.30.